The van der Waals surface area contributed by atoms with Crippen molar-refractivity contribution in [3.63, 3.8) is 0 Å². The lowest BCUT2D eigenvalue weighted by atomic mass is 9.94. The van der Waals surface area contributed by atoms with E-state index in [2.05, 4.69) is 23.7 Å². The van der Waals surface area contributed by atoms with Gasteiger partial charge in [0.15, 0.2) is 0 Å². The second-order valence-electron chi connectivity index (χ2n) is 6.04. The Balaban J connectivity index is 2.15. The van der Waals surface area contributed by atoms with Gasteiger partial charge in [0.25, 0.3) is 0 Å². The highest BCUT2D eigenvalue weighted by atomic mass is 16.4. The summed E-state index contributed by atoms with van der Waals surface area (Å²) >= 11 is 0. The van der Waals surface area contributed by atoms with Gasteiger partial charge in [-0.1, -0.05) is 25.1 Å². The lowest BCUT2D eigenvalue weighted by Gasteiger charge is -2.38. The van der Waals surface area contributed by atoms with E-state index in [4.69, 9.17) is 0 Å². The van der Waals surface area contributed by atoms with Crippen molar-refractivity contribution in [2.24, 2.45) is 5.92 Å². The molecule has 0 amide bonds. The molecule has 1 saturated heterocycles. The van der Waals surface area contributed by atoms with E-state index in [1.54, 1.807) is 6.07 Å². The molecule has 2 atom stereocenters. The minimum atomic E-state index is -0.909. The number of carbonyl (C=O) groups is 1. The van der Waals surface area contributed by atoms with Crippen LogP contribution in [-0.2, 0) is 0 Å². The molecule has 4 heteroatoms. The van der Waals surface area contributed by atoms with E-state index in [-0.39, 0.29) is 0 Å². The number of carboxylic acids is 1. The number of fused-ring (bicyclic) bond motifs is 1. The van der Waals surface area contributed by atoms with E-state index < -0.39 is 5.97 Å². The van der Waals surface area contributed by atoms with Gasteiger partial charge in [0, 0.05) is 18.0 Å². The average Bonchev–Trinajstić information content (AvgIpc) is 2.48. The number of piperidine rings is 1. The van der Waals surface area contributed by atoms with Crippen molar-refractivity contribution < 1.29 is 9.90 Å². The number of carboxylic acid groups (broad SMARTS) is 1. The molecule has 0 aliphatic carbocycles. The van der Waals surface area contributed by atoms with Crippen molar-refractivity contribution in [2.45, 2.75) is 32.7 Å². The number of anilines is 1. The van der Waals surface area contributed by atoms with Crippen LogP contribution in [-0.4, -0.2) is 28.6 Å². The first kappa shape index (κ1) is 13.9. The zero-order chi connectivity index (χ0) is 15.0. The van der Waals surface area contributed by atoms with Crippen LogP contribution in [0.15, 0.2) is 30.3 Å². The lowest BCUT2D eigenvalue weighted by Crippen LogP contribution is -2.42. The molecule has 1 aromatic heterocycles. The molecule has 2 unspecified atom stereocenters. The molecule has 1 N–H and O–H groups in total. The Hall–Kier alpha value is -2.10. The third kappa shape index (κ3) is 2.58. The van der Waals surface area contributed by atoms with Crippen LogP contribution in [0.25, 0.3) is 10.9 Å². The van der Waals surface area contributed by atoms with Crippen LogP contribution in [0.1, 0.15) is 37.0 Å². The van der Waals surface area contributed by atoms with Gasteiger partial charge in [0.1, 0.15) is 11.4 Å². The Bertz CT molecular complexity index is 684. The van der Waals surface area contributed by atoms with Crippen molar-refractivity contribution in [2.75, 3.05) is 11.4 Å². The molecule has 1 fully saturated rings. The van der Waals surface area contributed by atoms with Gasteiger partial charge in [-0.15, -0.1) is 0 Å². The van der Waals surface area contributed by atoms with E-state index in [0.717, 1.165) is 23.9 Å². The Morgan fingerprint density at radius 3 is 2.81 bits per heavy atom. The van der Waals surface area contributed by atoms with E-state index >= 15 is 0 Å². The maximum atomic E-state index is 11.6. The van der Waals surface area contributed by atoms with Gasteiger partial charge in [-0.25, -0.2) is 9.78 Å². The number of aromatic nitrogens is 1. The summed E-state index contributed by atoms with van der Waals surface area (Å²) in [6.07, 6.45) is 2.27. The third-order valence-corrected chi connectivity index (χ3v) is 4.32. The van der Waals surface area contributed by atoms with Gasteiger partial charge >= 0.3 is 5.97 Å². The number of rotatable bonds is 2. The molecule has 0 saturated carbocycles. The SMILES string of the molecule is CC1CCC(C)N(c2nc3ccccc3cc2C(=O)O)C1. The lowest BCUT2D eigenvalue weighted by molar-refractivity contribution is 0.0697. The summed E-state index contributed by atoms with van der Waals surface area (Å²) in [6.45, 7) is 5.22. The van der Waals surface area contributed by atoms with Crippen molar-refractivity contribution in [1.82, 2.24) is 4.98 Å². The molecule has 2 heterocycles. The number of hydrogen-bond donors (Lipinski definition) is 1. The molecule has 3 rings (SSSR count). The average molecular weight is 284 g/mol. The topological polar surface area (TPSA) is 53.4 Å². The highest BCUT2D eigenvalue weighted by Crippen LogP contribution is 2.30. The summed E-state index contributed by atoms with van der Waals surface area (Å²) in [5, 5.41) is 10.4. The van der Waals surface area contributed by atoms with Gasteiger partial charge < -0.3 is 10.0 Å². The number of aromatic carboxylic acids is 1. The van der Waals surface area contributed by atoms with Crippen molar-refractivity contribution >= 4 is 22.7 Å². The smallest absolute Gasteiger partial charge is 0.339 e. The van der Waals surface area contributed by atoms with Crippen LogP contribution < -0.4 is 4.90 Å². The second-order valence-corrected chi connectivity index (χ2v) is 6.04. The number of nitrogens with zero attached hydrogens (tertiary/aromatic N) is 2. The van der Waals surface area contributed by atoms with E-state index in [1.807, 2.05) is 24.3 Å². The summed E-state index contributed by atoms with van der Waals surface area (Å²) in [4.78, 5) is 18.4. The Morgan fingerprint density at radius 2 is 2.05 bits per heavy atom. The Morgan fingerprint density at radius 1 is 1.29 bits per heavy atom. The molecular formula is C17H20N2O2. The molecule has 1 aliphatic rings. The van der Waals surface area contributed by atoms with Crippen molar-refractivity contribution in [1.29, 1.82) is 0 Å². The number of para-hydroxylation sites is 1. The minimum Gasteiger partial charge on any atom is -0.478 e. The molecule has 4 nitrogen and oxygen atoms in total. The summed E-state index contributed by atoms with van der Waals surface area (Å²) < 4.78 is 0. The first-order valence-corrected chi connectivity index (χ1v) is 7.46. The fourth-order valence-corrected chi connectivity index (χ4v) is 3.07. The largest absolute Gasteiger partial charge is 0.478 e. The monoisotopic (exact) mass is 284 g/mol. The van der Waals surface area contributed by atoms with Crippen LogP contribution in [0, 0.1) is 5.92 Å². The summed E-state index contributed by atoms with van der Waals surface area (Å²) in [5.41, 5.74) is 1.15. The molecule has 21 heavy (non-hydrogen) atoms. The standard InChI is InChI=1S/C17H20N2O2/c1-11-7-8-12(2)19(10-11)16-14(17(20)21)9-13-5-3-4-6-15(13)18-16/h3-6,9,11-12H,7-8,10H2,1-2H3,(H,20,21). The van der Waals surface area contributed by atoms with Gasteiger partial charge in [0.2, 0.25) is 0 Å². The zero-order valence-corrected chi connectivity index (χ0v) is 12.4. The second kappa shape index (κ2) is 5.35. The Kier molecular flexibility index (Phi) is 3.53. The quantitative estimate of drug-likeness (QED) is 0.916. The zero-order valence-electron chi connectivity index (χ0n) is 12.4. The molecule has 0 radical (unpaired) electrons. The van der Waals surface area contributed by atoms with E-state index in [1.165, 1.54) is 6.42 Å². The third-order valence-electron chi connectivity index (χ3n) is 4.32. The molecule has 2 aromatic rings. The fourth-order valence-electron chi connectivity index (χ4n) is 3.07. The van der Waals surface area contributed by atoms with Crippen LogP contribution in [0.3, 0.4) is 0 Å². The number of hydrogen-bond acceptors (Lipinski definition) is 3. The molecule has 1 aromatic carbocycles. The minimum absolute atomic E-state index is 0.301. The van der Waals surface area contributed by atoms with Crippen LogP contribution >= 0.6 is 0 Å². The number of pyridine rings is 1. The maximum Gasteiger partial charge on any atom is 0.339 e. The normalized spacial score (nSPS) is 22.5. The Labute approximate surface area is 124 Å². The molecule has 110 valence electrons. The molecular weight excluding hydrogens is 264 g/mol. The van der Waals surface area contributed by atoms with E-state index in [9.17, 15) is 9.90 Å². The highest BCUT2D eigenvalue weighted by Gasteiger charge is 2.27. The fraction of sp³-hybridized carbons (Fsp3) is 0.412. The number of benzene rings is 1. The van der Waals surface area contributed by atoms with Gasteiger partial charge in [-0.2, -0.15) is 0 Å². The summed E-state index contributed by atoms with van der Waals surface area (Å²) in [5.74, 6) is 0.269. The summed E-state index contributed by atoms with van der Waals surface area (Å²) in [6, 6.07) is 9.74. The highest BCUT2D eigenvalue weighted by molar-refractivity contribution is 5.98. The van der Waals surface area contributed by atoms with Gasteiger partial charge in [-0.3, -0.25) is 0 Å². The predicted octanol–water partition coefficient (Wildman–Crippen LogP) is 3.56. The molecule has 0 bridgehead atoms. The van der Waals surface area contributed by atoms with Crippen LogP contribution in [0.4, 0.5) is 5.82 Å². The van der Waals surface area contributed by atoms with Crippen LogP contribution in [0.2, 0.25) is 0 Å². The van der Waals surface area contributed by atoms with Gasteiger partial charge in [0.05, 0.1) is 5.52 Å². The van der Waals surface area contributed by atoms with Gasteiger partial charge in [-0.05, 0) is 37.8 Å². The summed E-state index contributed by atoms with van der Waals surface area (Å²) in [7, 11) is 0. The first-order valence-electron chi connectivity index (χ1n) is 7.46. The first-order chi connectivity index (χ1) is 10.1. The molecule has 1 aliphatic heterocycles. The van der Waals surface area contributed by atoms with Crippen molar-refractivity contribution in [3.8, 4) is 0 Å². The van der Waals surface area contributed by atoms with E-state index in [0.29, 0.717) is 23.3 Å². The molecule has 0 spiro atoms. The maximum absolute atomic E-state index is 11.6. The predicted molar refractivity (Wildman–Crippen MR) is 83.9 cm³/mol. The van der Waals surface area contributed by atoms with Crippen LogP contribution in [0.5, 0.6) is 0 Å². The van der Waals surface area contributed by atoms with Crippen molar-refractivity contribution in [3.05, 3.63) is 35.9 Å².